The van der Waals surface area contributed by atoms with E-state index in [0.29, 0.717) is 27.5 Å². The van der Waals surface area contributed by atoms with E-state index in [1.807, 2.05) is 32.0 Å². The lowest BCUT2D eigenvalue weighted by Gasteiger charge is -2.29. The summed E-state index contributed by atoms with van der Waals surface area (Å²) in [6.45, 7) is 2.81. The van der Waals surface area contributed by atoms with E-state index < -0.39 is 0 Å². The Labute approximate surface area is 182 Å². The lowest BCUT2D eigenvalue weighted by atomic mass is 9.86. The van der Waals surface area contributed by atoms with Crippen molar-refractivity contribution < 1.29 is 4.79 Å². The quantitative estimate of drug-likeness (QED) is 0.695. The van der Waals surface area contributed by atoms with E-state index in [4.69, 9.17) is 23.2 Å². The van der Waals surface area contributed by atoms with Crippen LogP contribution in [0.2, 0.25) is 10.0 Å². The second kappa shape index (κ2) is 9.63. The summed E-state index contributed by atoms with van der Waals surface area (Å²) in [4.78, 5) is 23.4. The van der Waals surface area contributed by atoms with Crippen LogP contribution in [0.3, 0.4) is 0 Å². The second-order valence-corrected chi connectivity index (χ2v) is 8.60. The van der Waals surface area contributed by atoms with E-state index in [9.17, 15) is 4.79 Å². The van der Waals surface area contributed by atoms with Crippen LogP contribution in [-0.4, -0.2) is 42.6 Å². The molecule has 3 rings (SSSR count). The smallest absolute Gasteiger partial charge is 0.251 e. The molecule has 0 bridgehead atoms. The third kappa shape index (κ3) is 5.97. The molecule has 1 aromatic carbocycles. The number of nitrogens with one attached hydrogen (secondary N) is 2. The van der Waals surface area contributed by atoms with Crippen molar-refractivity contribution in [1.29, 1.82) is 0 Å². The standard InChI is InChI=1S/C21H27Cl2N5O/c1-13-10-19(28(2)3)27-21(25-13)24-12-14-4-7-16(8-5-14)26-20(29)15-6-9-17(22)18(23)11-15/h6,9-11,14,16H,4-5,7-8,12H2,1-3H3,(H,26,29)(H,24,25,27). The highest BCUT2D eigenvalue weighted by molar-refractivity contribution is 6.42. The molecule has 1 aliphatic carbocycles. The zero-order valence-corrected chi connectivity index (χ0v) is 18.5. The van der Waals surface area contributed by atoms with Crippen molar-refractivity contribution in [3.05, 3.63) is 45.6 Å². The van der Waals surface area contributed by atoms with Crippen LogP contribution >= 0.6 is 23.2 Å². The molecule has 1 saturated carbocycles. The first-order valence-electron chi connectivity index (χ1n) is 9.84. The van der Waals surface area contributed by atoms with E-state index >= 15 is 0 Å². The van der Waals surface area contributed by atoms with Crippen molar-refractivity contribution in [1.82, 2.24) is 15.3 Å². The van der Waals surface area contributed by atoms with Gasteiger partial charge in [0.15, 0.2) is 0 Å². The first kappa shape index (κ1) is 21.7. The predicted octanol–water partition coefficient (Wildman–Crippen LogP) is 4.56. The highest BCUT2D eigenvalue weighted by Crippen LogP contribution is 2.26. The van der Waals surface area contributed by atoms with Crippen molar-refractivity contribution in [2.45, 2.75) is 38.6 Å². The average molecular weight is 436 g/mol. The Hall–Kier alpha value is -2.05. The van der Waals surface area contributed by atoms with Crippen LogP contribution in [-0.2, 0) is 0 Å². The van der Waals surface area contributed by atoms with E-state index in [0.717, 1.165) is 43.7 Å². The number of aromatic nitrogens is 2. The first-order valence-corrected chi connectivity index (χ1v) is 10.6. The third-order valence-electron chi connectivity index (χ3n) is 5.21. The maximum absolute atomic E-state index is 12.4. The molecule has 0 aliphatic heterocycles. The number of amides is 1. The molecule has 2 N–H and O–H groups in total. The maximum atomic E-state index is 12.4. The SMILES string of the molecule is Cc1cc(N(C)C)nc(NCC2CCC(NC(=O)c3ccc(Cl)c(Cl)c3)CC2)n1. The van der Waals surface area contributed by atoms with Crippen molar-refractivity contribution in [2.24, 2.45) is 5.92 Å². The summed E-state index contributed by atoms with van der Waals surface area (Å²) in [6, 6.07) is 7.11. The number of anilines is 2. The summed E-state index contributed by atoms with van der Waals surface area (Å²) >= 11 is 11.9. The summed E-state index contributed by atoms with van der Waals surface area (Å²) < 4.78 is 0. The molecule has 29 heavy (non-hydrogen) atoms. The molecule has 1 heterocycles. The highest BCUT2D eigenvalue weighted by Gasteiger charge is 2.23. The Kier molecular flexibility index (Phi) is 7.19. The normalized spacial score (nSPS) is 18.9. The van der Waals surface area contributed by atoms with Gasteiger partial charge in [-0.15, -0.1) is 0 Å². The molecule has 1 aromatic heterocycles. The predicted molar refractivity (Wildman–Crippen MR) is 119 cm³/mol. The monoisotopic (exact) mass is 435 g/mol. The topological polar surface area (TPSA) is 70.2 Å². The number of hydrogen-bond acceptors (Lipinski definition) is 5. The van der Waals surface area contributed by atoms with E-state index in [1.54, 1.807) is 18.2 Å². The molecule has 8 heteroatoms. The van der Waals surface area contributed by atoms with Gasteiger partial charge in [0.1, 0.15) is 5.82 Å². The molecule has 2 aromatic rings. The van der Waals surface area contributed by atoms with Crippen LogP contribution in [0.25, 0.3) is 0 Å². The number of hydrogen-bond donors (Lipinski definition) is 2. The zero-order valence-electron chi connectivity index (χ0n) is 17.0. The van der Waals surface area contributed by atoms with E-state index in [1.165, 1.54) is 0 Å². The van der Waals surface area contributed by atoms with Gasteiger partial charge in [-0.3, -0.25) is 4.79 Å². The Morgan fingerprint density at radius 2 is 1.83 bits per heavy atom. The van der Waals surface area contributed by atoms with Gasteiger partial charge in [0.2, 0.25) is 5.95 Å². The second-order valence-electron chi connectivity index (χ2n) is 7.79. The van der Waals surface area contributed by atoms with Gasteiger partial charge < -0.3 is 15.5 Å². The summed E-state index contributed by atoms with van der Waals surface area (Å²) in [5.74, 6) is 2.01. The van der Waals surface area contributed by atoms with Crippen molar-refractivity contribution in [2.75, 3.05) is 30.9 Å². The summed E-state index contributed by atoms with van der Waals surface area (Å²) in [6.07, 6.45) is 4.01. The number of carbonyl (C=O) groups is 1. The van der Waals surface area contributed by atoms with E-state index in [-0.39, 0.29) is 11.9 Å². The number of aryl methyl sites for hydroxylation is 1. The number of rotatable bonds is 6. The molecular formula is C21H27Cl2N5O. The molecule has 0 spiro atoms. The number of nitrogens with zero attached hydrogens (tertiary/aromatic N) is 3. The van der Waals surface area contributed by atoms with E-state index in [2.05, 4.69) is 20.6 Å². The summed E-state index contributed by atoms with van der Waals surface area (Å²) in [5.41, 5.74) is 1.48. The lowest BCUT2D eigenvalue weighted by Crippen LogP contribution is -2.38. The minimum Gasteiger partial charge on any atom is -0.363 e. The van der Waals surface area contributed by atoms with Gasteiger partial charge in [-0.05, 0) is 56.7 Å². The van der Waals surface area contributed by atoms with Crippen LogP contribution in [0.1, 0.15) is 41.7 Å². The number of halogens is 2. The van der Waals surface area contributed by atoms with Crippen LogP contribution in [0.15, 0.2) is 24.3 Å². The first-order chi connectivity index (χ1) is 13.8. The fourth-order valence-corrected chi connectivity index (χ4v) is 3.81. The number of carbonyl (C=O) groups excluding carboxylic acids is 1. The zero-order chi connectivity index (χ0) is 21.0. The van der Waals surface area contributed by atoms with Crippen molar-refractivity contribution >= 4 is 40.9 Å². The minimum absolute atomic E-state index is 0.102. The molecule has 0 saturated heterocycles. The van der Waals surface area contributed by atoms with Gasteiger partial charge in [-0.1, -0.05) is 23.2 Å². The highest BCUT2D eigenvalue weighted by atomic mass is 35.5. The van der Waals surface area contributed by atoms with Gasteiger partial charge in [0.25, 0.3) is 5.91 Å². The van der Waals surface area contributed by atoms with Crippen LogP contribution in [0.5, 0.6) is 0 Å². The summed E-state index contributed by atoms with van der Waals surface area (Å²) in [7, 11) is 3.94. The molecule has 156 valence electrons. The molecule has 0 unspecified atom stereocenters. The lowest BCUT2D eigenvalue weighted by molar-refractivity contribution is 0.0922. The van der Waals surface area contributed by atoms with Crippen LogP contribution < -0.4 is 15.5 Å². The van der Waals surface area contributed by atoms with Gasteiger partial charge in [-0.25, -0.2) is 4.98 Å². The molecule has 0 radical (unpaired) electrons. The molecule has 1 amide bonds. The van der Waals surface area contributed by atoms with Gasteiger partial charge in [-0.2, -0.15) is 4.98 Å². The van der Waals surface area contributed by atoms with Gasteiger partial charge >= 0.3 is 0 Å². The minimum atomic E-state index is -0.102. The molecular weight excluding hydrogens is 409 g/mol. The Balaban J connectivity index is 1.47. The van der Waals surface area contributed by atoms with Crippen molar-refractivity contribution in [3.63, 3.8) is 0 Å². The fraction of sp³-hybridized carbons (Fsp3) is 0.476. The van der Waals surface area contributed by atoms with Gasteiger partial charge in [0, 0.05) is 44.0 Å². The van der Waals surface area contributed by atoms with Crippen LogP contribution in [0.4, 0.5) is 11.8 Å². The summed E-state index contributed by atoms with van der Waals surface area (Å²) in [5, 5.41) is 7.34. The molecule has 6 nitrogen and oxygen atoms in total. The Bertz CT molecular complexity index is 866. The van der Waals surface area contributed by atoms with Crippen molar-refractivity contribution in [3.8, 4) is 0 Å². The van der Waals surface area contributed by atoms with Gasteiger partial charge in [0.05, 0.1) is 10.0 Å². The molecule has 1 fully saturated rings. The Morgan fingerprint density at radius 1 is 1.10 bits per heavy atom. The Morgan fingerprint density at radius 3 is 2.48 bits per heavy atom. The third-order valence-corrected chi connectivity index (χ3v) is 5.95. The average Bonchev–Trinajstić information content (AvgIpc) is 2.69. The number of benzene rings is 1. The van der Waals surface area contributed by atoms with Crippen LogP contribution in [0, 0.1) is 12.8 Å². The molecule has 1 aliphatic rings. The maximum Gasteiger partial charge on any atom is 0.251 e. The fourth-order valence-electron chi connectivity index (χ4n) is 3.51. The largest absolute Gasteiger partial charge is 0.363 e. The molecule has 0 atom stereocenters.